The molecule has 0 heterocycles. The highest BCUT2D eigenvalue weighted by molar-refractivity contribution is 7.92. The molecule has 0 saturated heterocycles. The minimum Gasteiger partial charge on any atom is -0.492 e. The van der Waals surface area contributed by atoms with Crippen molar-refractivity contribution in [1.82, 2.24) is 10.2 Å². The van der Waals surface area contributed by atoms with Crippen LogP contribution in [0.15, 0.2) is 42.5 Å². The molecule has 0 aliphatic heterocycles. The van der Waals surface area contributed by atoms with Gasteiger partial charge in [0.25, 0.3) is 0 Å². The van der Waals surface area contributed by atoms with Crippen molar-refractivity contribution in [2.75, 3.05) is 23.7 Å². The number of rotatable bonds is 10. The third kappa shape index (κ3) is 8.28. The molecule has 0 radical (unpaired) electrons. The Labute approximate surface area is 223 Å². The molecule has 0 bridgehead atoms. The third-order valence-electron chi connectivity index (χ3n) is 5.13. The van der Waals surface area contributed by atoms with Crippen LogP contribution in [0.3, 0.4) is 0 Å². The van der Waals surface area contributed by atoms with E-state index in [2.05, 4.69) is 5.32 Å². The number of nitrogens with one attached hydrogen (secondary N) is 1. The van der Waals surface area contributed by atoms with Gasteiger partial charge in [0, 0.05) is 22.1 Å². The van der Waals surface area contributed by atoms with Gasteiger partial charge in [-0.1, -0.05) is 41.4 Å². The maximum absolute atomic E-state index is 13.7. The summed E-state index contributed by atoms with van der Waals surface area (Å²) in [4.78, 5) is 28.0. The van der Waals surface area contributed by atoms with Crippen LogP contribution < -0.4 is 14.4 Å². The summed E-state index contributed by atoms with van der Waals surface area (Å²) in [5.74, 6) is -0.653. The molecule has 1 N–H and O–H groups in total. The molecule has 0 spiro atoms. The lowest BCUT2D eigenvalue weighted by Crippen LogP contribution is -2.54. The van der Waals surface area contributed by atoms with Gasteiger partial charge in [0.1, 0.15) is 18.3 Å². The van der Waals surface area contributed by atoms with Crippen molar-refractivity contribution in [3.63, 3.8) is 0 Å². The molecule has 11 heteroatoms. The molecule has 0 aliphatic carbocycles. The zero-order chi connectivity index (χ0) is 27.3. The predicted molar refractivity (Wildman–Crippen MR) is 144 cm³/mol. The number of anilines is 1. The van der Waals surface area contributed by atoms with E-state index in [1.54, 1.807) is 56.3 Å². The van der Waals surface area contributed by atoms with E-state index in [4.69, 9.17) is 27.9 Å². The number of amides is 2. The highest BCUT2D eigenvalue weighted by Crippen LogP contribution is 2.30. The smallest absolute Gasteiger partial charge is 0.244 e. The van der Waals surface area contributed by atoms with Crippen molar-refractivity contribution in [2.24, 2.45) is 0 Å². The summed E-state index contributed by atoms with van der Waals surface area (Å²) < 4.78 is 32.1. The number of benzene rings is 2. The zero-order valence-corrected chi connectivity index (χ0v) is 23.7. The molecule has 0 aromatic heterocycles. The SMILES string of the molecule is CCOc1ccccc1N(CC(=O)N(Cc1ccc(Cl)cc1Cl)[C@H](C)C(=O)NC(C)(C)C)S(C)(=O)=O. The van der Waals surface area contributed by atoms with Gasteiger partial charge in [-0.3, -0.25) is 13.9 Å². The largest absolute Gasteiger partial charge is 0.492 e. The molecule has 0 fully saturated rings. The molecule has 8 nitrogen and oxygen atoms in total. The van der Waals surface area contributed by atoms with Crippen LogP contribution in [0.25, 0.3) is 0 Å². The Morgan fingerprint density at radius 3 is 2.31 bits per heavy atom. The van der Waals surface area contributed by atoms with Crippen molar-refractivity contribution in [3.8, 4) is 5.75 Å². The summed E-state index contributed by atoms with van der Waals surface area (Å²) in [6, 6.07) is 10.5. The first-order chi connectivity index (χ1) is 16.6. The zero-order valence-electron chi connectivity index (χ0n) is 21.3. The summed E-state index contributed by atoms with van der Waals surface area (Å²) in [5.41, 5.74) is 0.254. The first-order valence-corrected chi connectivity index (χ1v) is 14.0. The topological polar surface area (TPSA) is 96.0 Å². The Morgan fingerprint density at radius 1 is 1.11 bits per heavy atom. The molecule has 2 aromatic carbocycles. The highest BCUT2D eigenvalue weighted by atomic mass is 35.5. The van der Waals surface area contributed by atoms with E-state index in [9.17, 15) is 18.0 Å². The van der Waals surface area contributed by atoms with E-state index in [-0.39, 0.29) is 18.1 Å². The standard InChI is InChI=1S/C25H33Cl2N3O5S/c1-7-35-22-11-9-8-10-21(22)30(36(6,33)34)16-23(31)29(17(2)24(32)28-25(3,4)5)15-18-12-13-19(26)14-20(18)27/h8-14,17H,7,15-16H2,1-6H3,(H,28,32)/t17-/m1/s1. The summed E-state index contributed by atoms with van der Waals surface area (Å²) in [5, 5.41) is 3.62. The van der Waals surface area contributed by atoms with Gasteiger partial charge in [0.2, 0.25) is 21.8 Å². The van der Waals surface area contributed by atoms with Gasteiger partial charge >= 0.3 is 0 Å². The Morgan fingerprint density at radius 2 is 1.75 bits per heavy atom. The Balaban J connectivity index is 2.49. The maximum Gasteiger partial charge on any atom is 0.244 e. The minimum atomic E-state index is -3.89. The predicted octanol–water partition coefficient (Wildman–Crippen LogP) is 4.49. The van der Waals surface area contributed by atoms with Crippen LogP contribution >= 0.6 is 23.2 Å². The molecular formula is C25H33Cl2N3O5S. The summed E-state index contributed by atoms with van der Waals surface area (Å²) in [6.45, 7) is 8.59. The number of carbonyl (C=O) groups is 2. The quantitative estimate of drug-likeness (QED) is 0.464. The van der Waals surface area contributed by atoms with Crippen molar-refractivity contribution in [1.29, 1.82) is 0 Å². The van der Waals surface area contributed by atoms with Crippen LogP contribution in [0.4, 0.5) is 5.69 Å². The van der Waals surface area contributed by atoms with Crippen LogP contribution in [0.2, 0.25) is 10.0 Å². The fourth-order valence-corrected chi connectivity index (χ4v) is 4.75. The summed E-state index contributed by atoms with van der Waals surface area (Å²) in [7, 11) is -3.89. The first kappa shape index (κ1) is 29.7. The lowest BCUT2D eigenvalue weighted by atomic mass is 10.1. The van der Waals surface area contributed by atoms with Crippen LogP contribution in [-0.4, -0.2) is 56.1 Å². The van der Waals surface area contributed by atoms with Gasteiger partial charge in [-0.15, -0.1) is 0 Å². The highest BCUT2D eigenvalue weighted by Gasteiger charge is 2.32. The molecule has 2 aromatic rings. The van der Waals surface area contributed by atoms with E-state index >= 15 is 0 Å². The first-order valence-electron chi connectivity index (χ1n) is 11.4. The molecule has 2 amide bonds. The molecule has 2 rings (SSSR count). The van der Waals surface area contributed by atoms with Gasteiger partial charge in [-0.25, -0.2) is 8.42 Å². The van der Waals surface area contributed by atoms with Crippen molar-refractivity contribution < 1.29 is 22.7 Å². The molecule has 198 valence electrons. The average Bonchev–Trinajstić information content (AvgIpc) is 2.75. The van der Waals surface area contributed by atoms with Gasteiger partial charge in [0.15, 0.2) is 0 Å². The van der Waals surface area contributed by atoms with Crippen LogP contribution in [0.1, 0.15) is 40.2 Å². The number of para-hydroxylation sites is 2. The molecular weight excluding hydrogens is 525 g/mol. The summed E-state index contributed by atoms with van der Waals surface area (Å²) >= 11 is 12.4. The van der Waals surface area contributed by atoms with Crippen molar-refractivity contribution in [2.45, 2.75) is 52.7 Å². The van der Waals surface area contributed by atoms with Crippen molar-refractivity contribution >= 4 is 50.7 Å². The Bertz CT molecular complexity index is 1200. The molecule has 0 saturated carbocycles. The number of carbonyl (C=O) groups excluding carboxylic acids is 2. The molecule has 0 aliphatic rings. The fourth-order valence-electron chi connectivity index (χ4n) is 3.43. The van der Waals surface area contributed by atoms with Gasteiger partial charge < -0.3 is 15.0 Å². The van der Waals surface area contributed by atoms with E-state index in [1.807, 2.05) is 20.8 Å². The molecule has 0 unspecified atom stereocenters. The van der Waals surface area contributed by atoms with Gasteiger partial charge in [-0.2, -0.15) is 0 Å². The Hall–Kier alpha value is -2.49. The van der Waals surface area contributed by atoms with E-state index in [0.717, 1.165) is 10.6 Å². The van der Waals surface area contributed by atoms with E-state index in [1.165, 1.54) is 4.90 Å². The van der Waals surface area contributed by atoms with Crippen LogP contribution in [-0.2, 0) is 26.2 Å². The number of hydrogen-bond donors (Lipinski definition) is 1. The fraction of sp³-hybridized carbons (Fsp3) is 0.440. The maximum atomic E-state index is 13.7. The molecule has 36 heavy (non-hydrogen) atoms. The number of ether oxygens (including phenoxy) is 1. The normalized spacial score (nSPS) is 12.6. The van der Waals surface area contributed by atoms with Crippen LogP contribution in [0, 0.1) is 0 Å². The monoisotopic (exact) mass is 557 g/mol. The second-order valence-electron chi connectivity index (χ2n) is 9.34. The molecule has 1 atom stereocenters. The second kappa shape index (κ2) is 12.2. The second-order valence-corrected chi connectivity index (χ2v) is 12.1. The third-order valence-corrected chi connectivity index (χ3v) is 6.85. The van der Waals surface area contributed by atoms with Gasteiger partial charge in [0.05, 0.1) is 18.6 Å². The lowest BCUT2D eigenvalue weighted by Gasteiger charge is -2.33. The van der Waals surface area contributed by atoms with Crippen molar-refractivity contribution in [3.05, 3.63) is 58.1 Å². The number of halogens is 2. The minimum absolute atomic E-state index is 0.0295. The van der Waals surface area contributed by atoms with E-state index < -0.39 is 34.1 Å². The number of hydrogen-bond acceptors (Lipinski definition) is 5. The Kier molecular flexibility index (Phi) is 10.0. The van der Waals surface area contributed by atoms with Crippen LogP contribution in [0.5, 0.6) is 5.75 Å². The average molecular weight is 559 g/mol. The van der Waals surface area contributed by atoms with E-state index in [0.29, 0.717) is 28.0 Å². The summed E-state index contributed by atoms with van der Waals surface area (Å²) in [6.07, 6.45) is 1.01. The number of nitrogens with zero attached hydrogens (tertiary/aromatic N) is 2. The van der Waals surface area contributed by atoms with Gasteiger partial charge in [-0.05, 0) is 64.4 Å². The number of sulfonamides is 1. The lowest BCUT2D eigenvalue weighted by molar-refractivity contribution is -0.140.